The number of benzene rings is 2. The van der Waals surface area contributed by atoms with E-state index in [0.29, 0.717) is 5.69 Å². The van der Waals surface area contributed by atoms with Crippen molar-refractivity contribution in [2.75, 3.05) is 5.32 Å². The van der Waals surface area contributed by atoms with Crippen molar-refractivity contribution in [3.05, 3.63) is 53.1 Å². The van der Waals surface area contributed by atoms with Gasteiger partial charge in [0.2, 0.25) is 5.91 Å². The molecule has 2 aromatic rings. The Labute approximate surface area is 130 Å². The Hall–Kier alpha value is -2.49. The summed E-state index contributed by atoms with van der Waals surface area (Å²) in [5, 5.41) is 22.2. The largest absolute Gasteiger partial charge is 0.508 e. The molecule has 2 aromatic carbocycles. The average molecular weight is 299 g/mol. The lowest BCUT2D eigenvalue weighted by atomic mass is 9.77. The van der Waals surface area contributed by atoms with Gasteiger partial charge in [-0.25, -0.2) is 0 Å². The monoisotopic (exact) mass is 299 g/mol. The Balaban J connectivity index is 2.48. The molecule has 4 nitrogen and oxygen atoms in total. The summed E-state index contributed by atoms with van der Waals surface area (Å²) in [7, 11) is 0. The first-order valence-electron chi connectivity index (χ1n) is 7.13. The highest BCUT2D eigenvalue weighted by Gasteiger charge is 2.24. The van der Waals surface area contributed by atoms with E-state index in [1.165, 1.54) is 6.92 Å². The summed E-state index contributed by atoms with van der Waals surface area (Å²) < 4.78 is 0. The van der Waals surface area contributed by atoms with Crippen molar-refractivity contribution in [2.45, 2.75) is 33.1 Å². The smallest absolute Gasteiger partial charge is 0.221 e. The number of anilines is 1. The number of phenolic OH excluding ortho intramolecular Hbond substituents is 2. The molecular weight excluding hydrogens is 278 g/mol. The number of amides is 1. The van der Waals surface area contributed by atoms with Crippen molar-refractivity contribution in [1.82, 2.24) is 0 Å². The number of rotatable bonds is 3. The minimum absolute atomic E-state index is 0.0386. The van der Waals surface area contributed by atoms with Crippen LogP contribution in [0, 0.1) is 6.92 Å². The van der Waals surface area contributed by atoms with Crippen LogP contribution < -0.4 is 5.32 Å². The first-order valence-corrected chi connectivity index (χ1v) is 7.13. The van der Waals surface area contributed by atoms with Gasteiger partial charge in [-0.2, -0.15) is 0 Å². The second-order valence-electron chi connectivity index (χ2n) is 6.04. The van der Waals surface area contributed by atoms with Crippen molar-refractivity contribution in [3.8, 4) is 11.5 Å². The first-order chi connectivity index (χ1) is 10.2. The van der Waals surface area contributed by atoms with E-state index >= 15 is 0 Å². The summed E-state index contributed by atoms with van der Waals surface area (Å²) in [6.45, 7) is 7.38. The highest BCUT2D eigenvalue weighted by molar-refractivity contribution is 5.90. The lowest BCUT2D eigenvalue weighted by molar-refractivity contribution is -0.114. The number of carbonyl (C=O) groups is 1. The second kappa shape index (κ2) is 5.72. The highest BCUT2D eigenvalue weighted by atomic mass is 16.3. The lowest BCUT2D eigenvalue weighted by Gasteiger charge is -2.27. The zero-order chi connectivity index (χ0) is 16.5. The van der Waals surface area contributed by atoms with E-state index in [4.69, 9.17) is 0 Å². The fourth-order valence-electron chi connectivity index (χ4n) is 2.43. The Morgan fingerprint density at radius 1 is 1.00 bits per heavy atom. The summed E-state index contributed by atoms with van der Waals surface area (Å²) in [6, 6.07) is 10.7. The minimum atomic E-state index is -0.334. The SMILES string of the molecule is CC(=O)Nc1cc(C(C)(C)c2ccc(O)c(C)c2)ccc1O. The Morgan fingerprint density at radius 3 is 2.09 bits per heavy atom. The quantitative estimate of drug-likeness (QED) is 0.757. The molecule has 0 heterocycles. The van der Waals surface area contributed by atoms with Crippen LogP contribution in [0.2, 0.25) is 0 Å². The molecular formula is C18H21NO3. The molecule has 0 fully saturated rings. The van der Waals surface area contributed by atoms with Crippen LogP contribution in [0.15, 0.2) is 36.4 Å². The highest BCUT2D eigenvalue weighted by Crippen LogP contribution is 2.36. The van der Waals surface area contributed by atoms with Gasteiger partial charge >= 0.3 is 0 Å². The molecule has 4 heteroatoms. The van der Waals surface area contributed by atoms with Crippen LogP contribution in [-0.4, -0.2) is 16.1 Å². The van der Waals surface area contributed by atoms with Gasteiger partial charge in [0.05, 0.1) is 5.69 Å². The van der Waals surface area contributed by atoms with Crippen molar-refractivity contribution in [1.29, 1.82) is 0 Å². The number of aryl methyl sites for hydroxylation is 1. The van der Waals surface area contributed by atoms with Crippen molar-refractivity contribution < 1.29 is 15.0 Å². The Morgan fingerprint density at radius 2 is 1.55 bits per heavy atom. The third kappa shape index (κ3) is 3.06. The van der Waals surface area contributed by atoms with Crippen LogP contribution in [0.4, 0.5) is 5.69 Å². The molecule has 2 rings (SSSR count). The lowest BCUT2D eigenvalue weighted by Crippen LogP contribution is -2.19. The van der Waals surface area contributed by atoms with E-state index in [1.807, 2.05) is 25.1 Å². The van der Waals surface area contributed by atoms with Crippen molar-refractivity contribution >= 4 is 11.6 Å². The van der Waals surface area contributed by atoms with Gasteiger partial charge in [-0.15, -0.1) is 0 Å². The van der Waals surface area contributed by atoms with Crippen LogP contribution in [0.1, 0.15) is 37.5 Å². The minimum Gasteiger partial charge on any atom is -0.508 e. The van der Waals surface area contributed by atoms with E-state index in [9.17, 15) is 15.0 Å². The van der Waals surface area contributed by atoms with Gasteiger partial charge in [0, 0.05) is 12.3 Å². The molecule has 0 aromatic heterocycles. The Kier molecular flexibility index (Phi) is 4.13. The fraction of sp³-hybridized carbons (Fsp3) is 0.278. The molecule has 3 N–H and O–H groups in total. The summed E-state index contributed by atoms with van der Waals surface area (Å²) in [5.41, 5.74) is 2.88. The molecule has 1 amide bonds. The maximum absolute atomic E-state index is 11.2. The van der Waals surface area contributed by atoms with Gasteiger partial charge in [-0.3, -0.25) is 4.79 Å². The molecule has 0 saturated heterocycles. The first kappa shape index (κ1) is 15.9. The van der Waals surface area contributed by atoms with Crippen LogP contribution in [0.25, 0.3) is 0 Å². The van der Waals surface area contributed by atoms with Gasteiger partial charge in [0.1, 0.15) is 11.5 Å². The van der Waals surface area contributed by atoms with E-state index in [1.54, 1.807) is 18.2 Å². The third-order valence-electron chi connectivity index (χ3n) is 3.95. The number of carbonyl (C=O) groups excluding carboxylic acids is 1. The summed E-state index contributed by atoms with van der Waals surface area (Å²) in [5.74, 6) is 0.0755. The summed E-state index contributed by atoms with van der Waals surface area (Å²) in [6.07, 6.45) is 0. The number of hydrogen-bond acceptors (Lipinski definition) is 3. The number of hydrogen-bond donors (Lipinski definition) is 3. The van der Waals surface area contributed by atoms with Gasteiger partial charge in [-0.1, -0.05) is 32.0 Å². The molecule has 0 aliphatic rings. The normalized spacial score (nSPS) is 11.3. The van der Waals surface area contributed by atoms with Crippen molar-refractivity contribution in [2.24, 2.45) is 0 Å². The maximum Gasteiger partial charge on any atom is 0.221 e. The molecule has 0 radical (unpaired) electrons. The number of nitrogens with one attached hydrogen (secondary N) is 1. The second-order valence-corrected chi connectivity index (χ2v) is 6.04. The van der Waals surface area contributed by atoms with Gasteiger partial charge < -0.3 is 15.5 Å². The molecule has 0 atom stereocenters. The maximum atomic E-state index is 11.2. The zero-order valence-electron chi connectivity index (χ0n) is 13.3. The molecule has 0 unspecified atom stereocenters. The van der Waals surface area contributed by atoms with Crippen LogP contribution in [0.3, 0.4) is 0 Å². The number of aromatic hydroxyl groups is 2. The van der Waals surface area contributed by atoms with Crippen LogP contribution in [0.5, 0.6) is 11.5 Å². The predicted octanol–water partition coefficient (Wildman–Crippen LogP) is 3.69. The molecule has 0 aliphatic carbocycles. The molecule has 0 bridgehead atoms. The molecule has 22 heavy (non-hydrogen) atoms. The Bertz CT molecular complexity index is 720. The molecule has 0 aliphatic heterocycles. The van der Waals surface area contributed by atoms with Gasteiger partial charge in [0.15, 0.2) is 0 Å². The number of phenols is 2. The average Bonchev–Trinajstić information content (AvgIpc) is 2.43. The predicted molar refractivity (Wildman–Crippen MR) is 87.4 cm³/mol. The van der Waals surface area contributed by atoms with E-state index < -0.39 is 0 Å². The zero-order valence-corrected chi connectivity index (χ0v) is 13.3. The van der Waals surface area contributed by atoms with E-state index in [2.05, 4.69) is 19.2 Å². The summed E-state index contributed by atoms with van der Waals surface area (Å²) >= 11 is 0. The van der Waals surface area contributed by atoms with E-state index in [-0.39, 0.29) is 22.8 Å². The van der Waals surface area contributed by atoms with Gasteiger partial charge in [-0.05, 0) is 41.8 Å². The van der Waals surface area contributed by atoms with Crippen molar-refractivity contribution in [3.63, 3.8) is 0 Å². The van der Waals surface area contributed by atoms with E-state index in [0.717, 1.165) is 16.7 Å². The third-order valence-corrected chi connectivity index (χ3v) is 3.95. The van der Waals surface area contributed by atoms with Crippen LogP contribution in [-0.2, 0) is 10.2 Å². The molecule has 116 valence electrons. The summed E-state index contributed by atoms with van der Waals surface area (Å²) in [4.78, 5) is 11.2. The van der Waals surface area contributed by atoms with Gasteiger partial charge in [0.25, 0.3) is 0 Å². The molecule has 0 spiro atoms. The fourth-order valence-corrected chi connectivity index (χ4v) is 2.43. The topological polar surface area (TPSA) is 69.6 Å². The molecule has 0 saturated carbocycles. The standard InChI is InChI=1S/C18H21NO3/c1-11-9-13(5-7-16(11)21)18(3,4)14-6-8-17(22)15(10-14)19-12(2)20/h5-10,21-22H,1-4H3,(H,19,20). The van der Waals surface area contributed by atoms with Crippen LogP contribution >= 0.6 is 0 Å².